The topological polar surface area (TPSA) is 12.0 Å². The molecule has 1 nitrogen and oxygen atoms in total. The van der Waals surface area contributed by atoms with Crippen molar-refractivity contribution in [2.45, 2.75) is 45.1 Å². The van der Waals surface area contributed by atoms with Gasteiger partial charge in [-0.25, -0.2) is 8.78 Å². The first-order valence-corrected chi connectivity index (χ1v) is 7.28. The summed E-state index contributed by atoms with van der Waals surface area (Å²) in [6.07, 6.45) is 5.85. The molecule has 1 N–H and O–H groups in total. The van der Waals surface area contributed by atoms with Crippen molar-refractivity contribution in [3.63, 3.8) is 0 Å². The van der Waals surface area contributed by atoms with E-state index in [4.69, 9.17) is 0 Å². The molecule has 106 valence electrons. The first kappa shape index (κ1) is 14.4. The van der Waals surface area contributed by atoms with Gasteiger partial charge in [-0.2, -0.15) is 0 Å². The molecule has 3 atom stereocenters. The summed E-state index contributed by atoms with van der Waals surface area (Å²) < 4.78 is 27.3. The van der Waals surface area contributed by atoms with E-state index < -0.39 is 11.6 Å². The Labute approximate surface area is 114 Å². The highest BCUT2D eigenvalue weighted by molar-refractivity contribution is 5.23. The van der Waals surface area contributed by atoms with E-state index in [2.05, 4.69) is 12.2 Å². The lowest BCUT2D eigenvalue weighted by molar-refractivity contribution is 0.211. The maximum absolute atomic E-state index is 14.0. The average molecular weight is 267 g/mol. The van der Waals surface area contributed by atoms with E-state index in [0.29, 0.717) is 11.5 Å². The maximum atomic E-state index is 14.0. The fraction of sp³-hybridized carbons (Fsp3) is 0.625. The molecule has 0 aromatic heterocycles. The number of hydrogen-bond donors (Lipinski definition) is 1. The molecule has 1 aromatic carbocycles. The summed E-state index contributed by atoms with van der Waals surface area (Å²) in [5.41, 5.74) is 0.476. The highest BCUT2D eigenvalue weighted by Gasteiger charge is 2.29. The molecule has 3 unspecified atom stereocenters. The third-order valence-corrected chi connectivity index (χ3v) is 4.50. The first-order chi connectivity index (χ1) is 9.17. The molecule has 3 heteroatoms. The number of nitrogens with one attached hydrogen (secondary N) is 1. The Morgan fingerprint density at radius 1 is 1.32 bits per heavy atom. The van der Waals surface area contributed by atoms with Crippen molar-refractivity contribution < 1.29 is 8.78 Å². The SMILES string of the molecule is CCC1CCCC(C(NC)c2cccc(F)c2F)C1. The fourth-order valence-corrected chi connectivity index (χ4v) is 3.41. The summed E-state index contributed by atoms with van der Waals surface area (Å²) in [4.78, 5) is 0. The second kappa shape index (κ2) is 6.47. The predicted octanol–water partition coefficient (Wildman–Crippen LogP) is 4.44. The molecule has 19 heavy (non-hydrogen) atoms. The van der Waals surface area contributed by atoms with E-state index in [1.807, 2.05) is 7.05 Å². The minimum Gasteiger partial charge on any atom is -0.313 e. The predicted molar refractivity (Wildman–Crippen MR) is 73.9 cm³/mol. The van der Waals surface area contributed by atoms with Gasteiger partial charge in [0.25, 0.3) is 0 Å². The zero-order valence-electron chi connectivity index (χ0n) is 11.8. The van der Waals surface area contributed by atoms with E-state index in [0.717, 1.165) is 18.8 Å². The maximum Gasteiger partial charge on any atom is 0.163 e. The van der Waals surface area contributed by atoms with Crippen LogP contribution in [-0.2, 0) is 0 Å². The van der Waals surface area contributed by atoms with Crippen LogP contribution in [0.25, 0.3) is 0 Å². The normalized spacial score (nSPS) is 25.3. The van der Waals surface area contributed by atoms with Gasteiger partial charge >= 0.3 is 0 Å². The lowest BCUT2D eigenvalue weighted by Crippen LogP contribution is -2.30. The Bertz CT molecular complexity index is 419. The van der Waals surface area contributed by atoms with Gasteiger partial charge in [-0.1, -0.05) is 38.3 Å². The van der Waals surface area contributed by atoms with E-state index >= 15 is 0 Å². The van der Waals surface area contributed by atoms with E-state index in [-0.39, 0.29) is 6.04 Å². The van der Waals surface area contributed by atoms with Gasteiger partial charge in [-0.3, -0.25) is 0 Å². The van der Waals surface area contributed by atoms with Crippen molar-refractivity contribution in [3.05, 3.63) is 35.4 Å². The van der Waals surface area contributed by atoms with Crippen LogP contribution in [0.5, 0.6) is 0 Å². The van der Waals surface area contributed by atoms with Gasteiger partial charge in [0.15, 0.2) is 11.6 Å². The molecule has 0 spiro atoms. The summed E-state index contributed by atoms with van der Waals surface area (Å²) in [5.74, 6) is -0.313. The summed E-state index contributed by atoms with van der Waals surface area (Å²) in [6, 6.07) is 4.40. The quantitative estimate of drug-likeness (QED) is 0.850. The largest absolute Gasteiger partial charge is 0.313 e. The van der Waals surface area contributed by atoms with Crippen LogP contribution in [0.3, 0.4) is 0 Å². The smallest absolute Gasteiger partial charge is 0.163 e. The minimum absolute atomic E-state index is 0.0787. The molecule has 0 saturated heterocycles. The van der Waals surface area contributed by atoms with Gasteiger partial charge in [-0.05, 0) is 37.8 Å². The van der Waals surface area contributed by atoms with Crippen LogP contribution in [0.15, 0.2) is 18.2 Å². The summed E-state index contributed by atoms with van der Waals surface area (Å²) in [7, 11) is 1.84. The number of rotatable bonds is 4. The second-order valence-electron chi connectivity index (χ2n) is 5.61. The molecule has 1 aliphatic carbocycles. The third-order valence-electron chi connectivity index (χ3n) is 4.50. The zero-order valence-corrected chi connectivity index (χ0v) is 11.8. The minimum atomic E-state index is -0.749. The van der Waals surface area contributed by atoms with Crippen LogP contribution in [0, 0.1) is 23.5 Å². The van der Waals surface area contributed by atoms with Crippen LogP contribution >= 0.6 is 0 Å². The van der Waals surface area contributed by atoms with Crippen LogP contribution in [0.1, 0.15) is 50.6 Å². The van der Waals surface area contributed by atoms with Crippen LogP contribution < -0.4 is 5.32 Å². The molecule has 1 aliphatic rings. The Balaban J connectivity index is 2.21. The van der Waals surface area contributed by atoms with Crippen molar-refractivity contribution in [1.82, 2.24) is 5.32 Å². The molecule has 1 fully saturated rings. The molecule has 0 bridgehead atoms. The fourth-order valence-electron chi connectivity index (χ4n) is 3.41. The van der Waals surface area contributed by atoms with Gasteiger partial charge < -0.3 is 5.32 Å². The van der Waals surface area contributed by atoms with Crippen molar-refractivity contribution in [3.8, 4) is 0 Å². The van der Waals surface area contributed by atoms with E-state index in [1.165, 1.54) is 25.3 Å². The molecule has 1 saturated carbocycles. The monoisotopic (exact) mass is 267 g/mol. The Morgan fingerprint density at radius 3 is 2.79 bits per heavy atom. The van der Waals surface area contributed by atoms with Gasteiger partial charge in [0, 0.05) is 11.6 Å². The first-order valence-electron chi connectivity index (χ1n) is 7.28. The van der Waals surface area contributed by atoms with Crippen molar-refractivity contribution in [2.75, 3.05) is 7.05 Å². The number of hydrogen-bond acceptors (Lipinski definition) is 1. The highest BCUT2D eigenvalue weighted by Crippen LogP contribution is 2.39. The lowest BCUT2D eigenvalue weighted by atomic mass is 9.75. The second-order valence-corrected chi connectivity index (χ2v) is 5.61. The van der Waals surface area contributed by atoms with Crippen molar-refractivity contribution >= 4 is 0 Å². The zero-order chi connectivity index (χ0) is 13.8. The summed E-state index contributed by atoms with van der Waals surface area (Å²) in [5, 5.41) is 3.19. The Kier molecular flexibility index (Phi) is 4.92. The van der Waals surface area contributed by atoms with Crippen LogP contribution in [0.2, 0.25) is 0 Å². The van der Waals surface area contributed by atoms with Gasteiger partial charge in [-0.15, -0.1) is 0 Å². The average Bonchev–Trinajstić information content (AvgIpc) is 2.44. The highest BCUT2D eigenvalue weighted by atomic mass is 19.2. The molecule has 0 heterocycles. The lowest BCUT2D eigenvalue weighted by Gasteiger charge is -2.34. The van der Waals surface area contributed by atoms with Gasteiger partial charge in [0.2, 0.25) is 0 Å². The van der Waals surface area contributed by atoms with Gasteiger partial charge in [0.05, 0.1) is 0 Å². The van der Waals surface area contributed by atoms with E-state index in [9.17, 15) is 8.78 Å². The molecule has 0 aliphatic heterocycles. The van der Waals surface area contributed by atoms with Crippen LogP contribution in [0.4, 0.5) is 8.78 Å². The van der Waals surface area contributed by atoms with Crippen molar-refractivity contribution in [1.29, 1.82) is 0 Å². The Morgan fingerprint density at radius 2 is 2.11 bits per heavy atom. The third kappa shape index (κ3) is 3.14. The summed E-state index contributed by atoms with van der Waals surface area (Å²) in [6.45, 7) is 2.21. The van der Waals surface area contributed by atoms with Crippen LogP contribution in [-0.4, -0.2) is 7.05 Å². The number of benzene rings is 1. The molecule has 0 amide bonds. The van der Waals surface area contributed by atoms with E-state index in [1.54, 1.807) is 12.1 Å². The van der Waals surface area contributed by atoms with Crippen molar-refractivity contribution in [2.24, 2.45) is 11.8 Å². The van der Waals surface area contributed by atoms with Gasteiger partial charge in [0.1, 0.15) is 0 Å². The standard InChI is InChI=1S/C16H23F2N/c1-3-11-6-4-7-12(10-11)16(19-2)13-8-5-9-14(17)15(13)18/h5,8-9,11-12,16,19H,3-4,6-7,10H2,1-2H3. The Hall–Kier alpha value is -0.960. The molecule has 1 aromatic rings. The molecular formula is C16H23F2N. The molecule has 0 radical (unpaired) electrons. The molecular weight excluding hydrogens is 244 g/mol. The molecule has 2 rings (SSSR count). The summed E-state index contributed by atoms with van der Waals surface area (Å²) >= 11 is 0. The number of halogens is 2.